The molecular weight excluding hydrogens is 556 g/mol. The van der Waals surface area contributed by atoms with E-state index in [9.17, 15) is 19.2 Å². The van der Waals surface area contributed by atoms with Crippen molar-refractivity contribution in [3.8, 4) is 11.3 Å². The van der Waals surface area contributed by atoms with Crippen molar-refractivity contribution in [2.75, 3.05) is 17.2 Å². The molecule has 1 saturated carbocycles. The van der Waals surface area contributed by atoms with Gasteiger partial charge >= 0.3 is 6.03 Å². The fourth-order valence-corrected chi connectivity index (χ4v) is 6.24. The maximum Gasteiger partial charge on any atom is 0.315 e. The summed E-state index contributed by atoms with van der Waals surface area (Å²) < 4.78 is 0. The number of nitrogens with zero attached hydrogens (tertiary/aromatic N) is 1. The second kappa shape index (κ2) is 13.0. The van der Waals surface area contributed by atoms with Crippen LogP contribution in [-0.4, -0.2) is 52.8 Å². The van der Waals surface area contributed by atoms with E-state index in [1.54, 1.807) is 4.90 Å². The van der Waals surface area contributed by atoms with Gasteiger partial charge in [-0.15, -0.1) is 0 Å². The van der Waals surface area contributed by atoms with Crippen LogP contribution in [0.15, 0.2) is 78.9 Å². The zero-order valence-electron chi connectivity index (χ0n) is 24.3. The number of nitrogens with one attached hydrogen (secondary N) is 5. The molecule has 2 heterocycles. The number of urea groups is 1. The van der Waals surface area contributed by atoms with E-state index in [0.29, 0.717) is 42.7 Å². The van der Waals surface area contributed by atoms with Gasteiger partial charge in [0.25, 0.3) is 5.91 Å². The highest BCUT2D eigenvalue weighted by Crippen LogP contribution is 2.29. The van der Waals surface area contributed by atoms with Crippen molar-refractivity contribution in [1.29, 1.82) is 0 Å². The van der Waals surface area contributed by atoms with Gasteiger partial charge in [0.1, 0.15) is 12.1 Å². The third-order valence-corrected chi connectivity index (χ3v) is 8.49. The minimum absolute atomic E-state index is 0.118. The molecule has 2 atom stereocenters. The molecule has 4 aromatic rings. The summed E-state index contributed by atoms with van der Waals surface area (Å²) >= 11 is 0. The van der Waals surface area contributed by atoms with Crippen molar-refractivity contribution >= 4 is 46.5 Å². The molecular formula is C34H36N6O4. The van der Waals surface area contributed by atoms with E-state index in [2.05, 4.69) is 26.3 Å². The van der Waals surface area contributed by atoms with Gasteiger partial charge in [0.05, 0.1) is 0 Å². The lowest BCUT2D eigenvalue weighted by atomic mass is 10.0. The first-order valence-corrected chi connectivity index (χ1v) is 15.2. The molecule has 0 spiro atoms. The van der Waals surface area contributed by atoms with Crippen molar-refractivity contribution in [2.45, 2.75) is 56.7 Å². The molecule has 0 radical (unpaired) electrons. The molecule has 0 unspecified atom stereocenters. The number of rotatable bonds is 9. The Morgan fingerprint density at radius 3 is 2.36 bits per heavy atom. The van der Waals surface area contributed by atoms with Crippen molar-refractivity contribution in [1.82, 2.24) is 20.5 Å². The Morgan fingerprint density at radius 2 is 1.61 bits per heavy atom. The number of H-pyrrole nitrogens is 1. The lowest BCUT2D eigenvalue weighted by molar-refractivity contribution is -0.138. The summed E-state index contributed by atoms with van der Waals surface area (Å²) in [6.07, 6.45) is 5.95. The Balaban J connectivity index is 1.13. The zero-order chi connectivity index (χ0) is 30.5. The van der Waals surface area contributed by atoms with E-state index >= 15 is 0 Å². The van der Waals surface area contributed by atoms with E-state index in [0.717, 1.165) is 47.8 Å². The summed E-state index contributed by atoms with van der Waals surface area (Å²) in [5.41, 5.74) is 4.81. The lowest BCUT2D eigenvalue weighted by Gasteiger charge is -2.29. The Hall–Kier alpha value is -5.12. The van der Waals surface area contributed by atoms with Gasteiger partial charge in [0.15, 0.2) is 0 Å². The number of hydrogen-bond acceptors (Lipinski definition) is 4. The number of likely N-dealkylation sites (tertiary alicyclic amines) is 1. The average Bonchev–Trinajstić information content (AvgIpc) is 3.82. The third kappa shape index (κ3) is 6.44. The van der Waals surface area contributed by atoms with Crippen molar-refractivity contribution in [3.05, 3.63) is 84.4 Å². The van der Waals surface area contributed by atoms with E-state index in [4.69, 9.17) is 0 Å². The van der Waals surface area contributed by atoms with Gasteiger partial charge in [0, 0.05) is 40.6 Å². The molecule has 1 aromatic heterocycles. The SMILES string of the molecule is O=CNc1ccc2[nH]c(-c3ccc(NC(=O)[C@@H]4CCCN4C(=O)[C@H](NC(=O)NC4CCCC4)c4ccccc4)cc3)cc2c1. The monoisotopic (exact) mass is 592 g/mol. The first-order chi connectivity index (χ1) is 21.5. The third-order valence-electron chi connectivity index (χ3n) is 8.49. The van der Waals surface area contributed by atoms with Gasteiger partial charge in [-0.1, -0.05) is 55.3 Å². The van der Waals surface area contributed by atoms with Crippen LogP contribution >= 0.6 is 0 Å². The zero-order valence-corrected chi connectivity index (χ0v) is 24.3. The van der Waals surface area contributed by atoms with Crippen LogP contribution in [0, 0.1) is 0 Å². The predicted molar refractivity (Wildman–Crippen MR) is 170 cm³/mol. The normalized spacial score (nSPS) is 17.3. The molecule has 44 heavy (non-hydrogen) atoms. The van der Waals surface area contributed by atoms with Crippen molar-refractivity contribution in [3.63, 3.8) is 0 Å². The second-order valence-electron chi connectivity index (χ2n) is 11.4. The van der Waals surface area contributed by atoms with Gasteiger partial charge in [-0.2, -0.15) is 0 Å². The predicted octanol–water partition coefficient (Wildman–Crippen LogP) is 5.32. The van der Waals surface area contributed by atoms with E-state index in [-0.39, 0.29) is 23.9 Å². The number of anilines is 2. The number of aromatic nitrogens is 1. The average molecular weight is 593 g/mol. The number of hydrogen-bond donors (Lipinski definition) is 5. The maximum absolute atomic E-state index is 13.9. The number of amides is 5. The van der Waals surface area contributed by atoms with Gasteiger partial charge in [-0.3, -0.25) is 14.4 Å². The van der Waals surface area contributed by atoms with E-state index in [1.165, 1.54) is 0 Å². The first kappa shape index (κ1) is 29.0. The molecule has 10 heteroatoms. The van der Waals surface area contributed by atoms with Crippen molar-refractivity contribution < 1.29 is 19.2 Å². The van der Waals surface area contributed by atoms with Crippen molar-refractivity contribution in [2.24, 2.45) is 0 Å². The summed E-state index contributed by atoms with van der Waals surface area (Å²) in [6, 6.07) is 22.5. The fraction of sp³-hybridized carbons (Fsp3) is 0.294. The van der Waals surface area contributed by atoms with Gasteiger partial charge in [0.2, 0.25) is 12.3 Å². The molecule has 3 aromatic carbocycles. The quantitative estimate of drug-likeness (QED) is 0.168. The number of benzene rings is 3. The largest absolute Gasteiger partial charge is 0.355 e. The molecule has 1 saturated heterocycles. The Morgan fingerprint density at radius 1 is 0.864 bits per heavy atom. The van der Waals surface area contributed by atoms with Crippen LogP contribution in [0.3, 0.4) is 0 Å². The molecule has 5 amide bonds. The lowest BCUT2D eigenvalue weighted by Crippen LogP contribution is -2.51. The molecule has 0 bridgehead atoms. The summed E-state index contributed by atoms with van der Waals surface area (Å²) in [5, 5.41) is 12.5. The van der Waals surface area contributed by atoms with Gasteiger partial charge in [-0.05, 0) is 73.2 Å². The minimum Gasteiger partial charge on any atom is -0.355 e. The number of fused-ring (bicyclic) bond motifs is 1. The molecule has 226 valence electrons. The van der Waals surface area contributed by atoms with Crippen LogP contribution in [0.2, 0.25) is 0 Å². The summed E-state index contributed by atoms with van der Waals surface area (Å²) in [6.45, 7) is 0.440. The molecule has 1 aliphatic carbocycles. The topological polar surface area (TPSA) is 135 Å². The van der Waals surface area contributed by atoms with Crippen LogP contribution in [-0.2, 0) is 14.4 Å². The highest BCUT2D eigenvalue weighted by molar-refractivity contribution is 5.99. The molecule has 5 N–H and O–H groups in total. The van der Waals surface area contributed by atoms with E-state index < -0.39 is 12.1 Å². The highest BCUT2D eigenvalue weighted by Gasteiger charge is 2.38. The molecule has 10 nitrogen and oxygen atoms in total. The molecule has 1 aliphatic heterocycles. The van der Waals surface area contributed by atoms with Gasteiger partial charge < -0.3 is 31.2 Å². The van der Waals surface area contributed by atoms with Crippen LogP contribution in [0.1, 0.15) is 50.1 Å². The fourth-order valence-electron chi connectivity index (χ4n) is 6.24. The maximum atomic E-state index is 13.9. The first-order valence-electron chi connectivity index (χ1n) is 15.2. The van der Waals surface area contributed by atoms with E-state index in [1.807, 2.05) is 78.9 Å². The van der Waals surface area contributed by atoms with Crippen LogP contribution < -0.4 is 21.3 Å². The summed E-state index contributed by atoms with van der Waals surface area (Å²) in [5.74, 6) is -0.553. The molecule has 6 rings (SSSR count). The standard InChI is InChI=1S/C34H36N6O4/c41-21-35-27-16-17-28-24(19-27)20-29(38-28)22-12-14-26(15-13-22)36-32(42)30-11-6-18-40(30)33(43)31(23-7-2-1-3-8-23)39-34(44)37-25-9-4-5-10-25/h1-3,7-8,12-17,19-21,25,30-31,38H,4-6,9-11,18H2,(H,35,41)(H,36,42)(H2,37,39,44)/t30-,31+/m0/s1. The number of carbonyl (C=O) groups is 4. The minimum atomic E-state index is -0.896. The summed E-state index contributed by atoms with van der Waals surface area (Å²) in [7, 11) is 0. The van der Waals surface area contributed by atoms with Crippen LogP contribution in [0.5, 0.6) is 0 Å². The highest BCUT2D eigenvalue weighted by atomic mass is 16.2. The van der Waals surface area contributed by atoms with Crippen LogP contribution in [0.4, 0.5) is 16.2 Å². The Bertz CT molecular complexity index is 1650. The smallest absolute Gasteiger partial charge is 0.315 e. The van der Waals surface area contributed by atoms with Crippen LogP contribution in [0.25, 0.3) is 22.2 Å². The summed E-state index contributed by atoms with van der Waals surface area (Å²) in [4.78, 5) is 56.0. The number of aromatic amines is 1. The number of carbonyl (C=O) groups excluding carboxylic acids is 4. The van der Waals surface area contributed by atoms with Gasteiger partial charge in [-0.25, -0.2) is 4.79 Å². The Kier molecular flexibility index (Phi) is 8.58. The molecule has 2 aliphatic rings. The molecule has 2 fully saturated rings. The second-order valence-corrected chi connectivity index (χ2v) is 11.4. The Labute approximate surface area is 255 Å².